The summed E-state index contributed by atoms with van der Waals surface area (Å²) in [6.45, 7) is 0. The zero-order chi connectivity index (χ0) is 12.3. The summed E-state index contributed by atoms with van der Waals surface area (Å²) in [5.74, 6) is -0.0316. The molecule has 1 heterocycles. The van der Waals surface area contributed by atoms with E-state index in [9.17, 15) is 4.39 Å². The van der Waals surface area contributed by atoms with Gasteiger partial charge in [0, 0.05) is 5.75 Å². The highest BCUT2D eigenvalue weighted by atomic mass is 32.2. The minimum Gasteiger partial charge on any atom is -0.423 e. The fourth-order valence-electron chi connectivity index (χ4n) is 1.32. The second-order valence-corrected chi connectivity index (χ2v) is 4.31. The van der Waals surface area contributed by atoms with Gasteiger partial charge in [-0.15, -0.1) is 0 Å². The van der Waals surface area contributed by atoms with E-state index in [1.54, 1.807) is 0 Å². The van der Waals surface area contributed by atoms with Crippen molar-refractivity contribution in [3.8, 4) is 0 Å². The molecule has 1 aromatic heterocycles. The van der Waals surface area contributed by atoms with Gasteiger partial charge >= 0.3 is 7.12 Å². The first-order valence-electron chi connectivity index (χ1n) is 4.79. The third kappa shape index (κ3) is 3.29. The second-order valence-electron chi connectivity index (χ2n) is 3.35. The average molecular weight is 253 g/mol. The summed E-state index contributed by atoms with van der Waals surface area (Å²) in [7, 11) is -1.67. The van der Waals surface area contributed by atoms with Gasteiger partial charge < -0.3 is 10.0 Å². The van der Waals surface area contributed by atoms with E-state index in [2.05, 4.69) is 15.2 Å². The highest BCUT2D eigenvalue weighted by Gasteiger charge is 2.13. The normalized spacial score (nSPS) is 10.5. The zero-order valence-electron chi connectivity index (χ0n) is 8.67. The number of aromatic nitrogens is 3. The minimum absolute atomic E-state index is 0.137. The van der Waals surface area contributed by atoms with Gasteiger partial charge in [0.1, 0.15) is 12.1 Å². The molecule has 0 bridgehead atoms. The number of H-pyrrole nitrogens is 1. The molecule has 0 unspecified atom stereocenters. The number of nitrogens with zero attached hydrogens (tertiary/aromatic N) is 2. The van der Waals surface area contributed by atoms with Crippen molar-refractivity contribution in [2.45, 2.75) is 10.9 Å². The molecule has 88 valence electrons. The smallest absolute Gasteiger partial charge is 0.423 e. The van der Waals surface area contributed by atoms with Crippen LogP contribution in [0.15, 0.2) is 29.7 Å². The van der Waals surface area contributed by atoms with Crippen molar-refractivity contribution in [2.75, 3.05) is 0 Å². The standard InChI is InChI=1S/C9H9BFN3O2S/c11-8-2-6(1-7(3-8)10(15)16)4-17-9-12-5-13-14-9/h1-3,5,15-16H,4H2,(H,12,13,14). The Labute approximate surface area is 101 Å². The maximum Gasteiger partial charge on any atom is 0.488 e. The maximum atomic E-state index is 13.2. The van der Waals surface area contributed by atoms with Crippen LogP contribution in [-0.4, -0.2) is 32.3 Å². The van der Waals surface area contributed by atoms with E-state index in [-0.39, 0.29) is 5.46 Å². The van der Waals surface area contributed by atoms with Gasteiger partial charge in [-0.05, 0) is 23.2 Å². The van der Waals surface area contributed by atoms with E-state index in [0.29, 0.717) is 16.5 Å². The van der Waals surface area contributed by atoms with E-state index in [1.165, 1.54) is 30.2 Å². The summed E-state index contributed by atoms with van der Waals surface area (Å²) in [5, 5.41) is 24.9. The Balaban J connectivity index is 2.10. The molecular formula is C9H9BFN3O2S. The lowest BCUT2D eigenvalue weighted by molar-refractivity contribution is 0.425. The first-order chi connectivity index (χ1) is 8.15. The third-order valence-corrected chi connectivity index (χ3v) is 2.99. The first kappa shape index (κ1) is 12.1. The van der Waals surface area contributed by atoms with Crippen LogP contribution in [0.2, 0.25) is 0 Å². The third-order valence-electron chi connectivity index (χ3n) is 2.05. The van der Waals surface area contributed by atoms with Crippen LogP contribution < -0.4 is 5.46 Å². The quantitative estimate of drug-likeness (QED) is 0.524. The number of thioether (sulfide) groups is 1. The SMILES string of the molecule is OB(O)c1cc(F)cc(CSc2ncn[nH]2)c1. The lowest BCUT2D eigenvalue weighted by Gasteiger charge is -2.04. The molecule has 0 amide bonds. The molecule has 0 radical (unpaired) electrons. The van der Waals surface area contributed by atoms with Gasteiger partial charge in [-0.25, -0.2) is 9.37 Å². The molecule has 8 heteroatoms. The topological polar surface area (TPSA) is 82.0 Å². The van der Waals surface area contributed by atoms with Gasteiger partial charge in [0.15, 0.2) is 5.16 Å². The monoisotopic (exact) mass is 253 g/mol. The molecular weight excluding hydrogens is 244 g/mol. The highest BCUT2D eigenvalue weighted by Crippen LogP contribution is 2.18. The Morgan fingerprint density at radius 2 is 2.18 bits per heavy atom. The van der Waals surface area contributed by atoms with E-state index < -0.39 is 12.9 Å². The van der Waals surface area contributed by atoms with Crippen LogP contribution in [-0.2, 0) is 5.75 Å². The predicted octanol–water partition coefficient (Wildman–Crippen LogP) is -0.0841. The fourth-order valence-corrected chi connectivity index (χ4v) is 2.03. The van der Waals surface area contributed by atoms with Crippen molar-refractivity contribution < 1.29 is 14.4 Å². The molecule has 2 aromatic rings. The molecule has 0 aliphatic rings. The Morgan fingerprint density at radius 1 is 1.35 bits per heavy atom. The van der Waals surface area contributed by atoms with Crippen molar-refractivity contribution in [1.82, 2.24) is 15.2 Å². The maximum absolute atomic E-state index is 13.2. The number of aromatic amines is 1. The van der Waals surface area contributed by atoms with E-state index in [4.69, 9.17) is 10.0 Å². The molecule has 17 heavy (non-hydrogen) atoms. The van der Waals surface area contributed by atoms with Gasteiger partial charge in [0.05, 0.1) is 0 Å². The van der Waals surface area contributed by atoms with Crippen LogP contribution in [0.3, 0.4) is 0 Å². The number of nitrogens with one attached hydrogen (secondary N) is 1. The molecule has 2 rings (SSSR count). The minimum atomic E-state index is -1.67. The summed E-state index contributed by atoms with van der Waals surface area (Å²) in [5.41, 5.74) is 0.785. The second kappa shape index (κ2) is 5.30. The van der Waals surface area contributed by atoms with Gasteiger partial charge in [0.2, 0.25) is 0 Å². The fraction of sp³-hybridized carbons (Fsp3) is 0.111. The number of hydrogen-bond acceptors (Lipinski definition) is 5. The molecule has 0 aliphatic carbocycles. The molecule has 0 aliphatic heterocycles. The largest absolute Gasteiger partial charge is 0.488 e. The van der Waals surface area contributed by atoms with Gasteiger partial charge in [-0.2, -0.15) is 5.10 Å². The number of halogens is 1. The van der Waals surface area contributed by atoms with Crippen molar-refractivity contribution in [3.05, 3.63) is 35.9 Å². The Bertz CT molecular complexity index is 495. The Kier molecular flexibility index (Phi) is 3.77. The molecule has 0 atom stereocenters. The van der Waals surface area contributed by atoms with Gasteiger partial charge in [0.25, 0.3) is 0 Å². The zero-order valence-corrected chi connectivity index (χ0v) is 9.49. The lowest BCUT2D eigenvalue weighted by atomic mass is 9.79. The summed E-state index contributed by atoms with van der Waals surface area (Å²) >= 11 is 1.35. The predicted molar refractivity (Wildman–Crippen MR) is 62.2 cm³/mol. The lowest BCUT2D eigenvalue weighted by Crippen LogP contribution is -2.30. The Morgan fingerprint density at radius 3 is 2.82 bits per heavy atom. The molecule has 5 nitrogen and oxygen atoms in total. The highest BCUT2D eigenvalue weighted by molar-refractivity contribution is 7.98. The molecule has 1 aromatic carbocycles. The van der Waals surface area contributed by atoms with Crippen LogP contribution in [0.25, 0.3) is 0 Å². The van der Waals surface area contributed by atoms with Gasteiger partial charge in [-0.1, -0.05) is 17.8 Å². The van der Waals surface area contributed by atoms with Crippen LogP contribution in [0.5, 0.6) is 0 Å². The number of benzene rings is 1. The average Bonchev–Trinajstić information content (AvgIpc) is 2.78. The van der Waals surface area contributed by atoms with E-state index in [1.807, 2.05) is 0 Å². The molecule has 0 saturated carbocycles. The Hall–Kier alpha value is -1.38. The van der Waals surface area contributed by atoms with Crippen molar-refractivity contribution >= 4 is 24.3 Å². The van der Waals surface area contributed by atoms with Crippen LogP contribution in [0.4, 0.5) is 4.39 Å². The van der Waals surface area contributed by atoms with Crippen molar-refractivity contribution in [3.63, 3.8) is 0 Å². The number of hydrogen-bond donors (Lipinski definition) is 3. The molecule has 0 spiro atoms. The number of rotatable bonds is 4. The first-order valence-corrected chi connectivity index (χ1v) is 5.77. The molecule has 0 fully saturated rings. The van der Waals surface area contributed by atoms with Crippen molar-refractivity contribution in [1.29, 1.82) is 0 Å². The molecule has 3 N–H and O–H groups in total. The summed E-state index contributed by atoms with van der Waals surface area (Å²) in [6.07, 6.45) is 1.39. The van der Waals surface area contributed by atoms with Crippen LogP contribution in [0.1, 0.15) is 5.56 Å². The summed E-state index contributed by atoms with van der Waals surface area (Å²) in [4.78, 5) is 3.92. The summed E-state index contributed by atoms with van der Waals surface area (Å²) < 4.78 is 13.2. The van der Waals surface area contributed by atoms with Crippen molar-refractivity contribution in [2.24, 2.45) is 0 Å². The van der Waals surface area contributed by atoms with E-state index >= 15 is 0 Å². The molecule has 0 saturated heterocycles. The van der Waals surface area contributed by atoms with Crippen LogP contribution in [0, 0.1) is 5.82 Å². The van der Waals surface area contributed by atoms with E-state index in [0.717, 1.165) is 6.07 Å². The van der Waals surface area contributed by atoms with Gasteiger partial charge in [-0.3, -0.25) is 5.10 Å². The summed E-state index contributed by atoms with van der Waals surface area (Å²) in [6, 6.07) is 3.97. The van der Waals surface area contributed by atoms with Crippen LogP contribution >= 0.6 is 11.8 Å².